The molecule has 0 aromatic heterocycles. The van der Waals surface area contributed by atoms with Gasteiger partial charge >= 0.3 is 0 Å². The Morgan fingerprint density at radius 3 is 2.47 bits per heavy atom. The smallest absolute Gasteiger partial charge is 0.271 e. The third-order valence-corrected chi connectivity index (χ3v) is 6.37. The minimum atomic E-state index is -0.714. The van der Waals surface area contributed by atoms with Crippen LogP contribution in [0.1, 0.15) is 24.0 Å². The van der Waals surface area contributed by atoms with Crippen LogP contribution in [0.2, 0.25) is 0 Å². The molecule has 8 heteroatoms. The molecule has 1 spiro atoms. The van der Waals surface area contributed by atoms with Crippen molar-refractivity contribution in [1.29, 1.82) is 10.8 Å². The van der Waals surface area contributed by atoms with Crippen molar-refractivity contribution < 1.29 is 19.4 Å². The summed E-state index contributed by atoms with van der Waals surface area (Å²) in [7, 11) is 3.38. The lowest BCUT2D eigenvalue weighted by Gasteiger charge is -2.45. The number of carbonyl (C=O) groups excluding carboxylic acids is 1. The molecule has 34 heavy (non-hydrogen) atoms. The first-order valence-electron chi connectivity index (χ1n) is 11.1. The van der Waals surface area contributed by atoms with Gasteiger partial charge in [-0.15, -0.1) is 0 Å². The topological polar surface area (TPSA) is 119 Å². The number of fused-ring (bicyclic) bond motifs is 1. The molecule has 0 saturated carbocycles. The number of nitrogens with zero attached hydrogens (tertiary/aromatic N) is 1. The molecule has 2 aromatic rings. The molecule has 2 aromatic carbocycles. The van der Waals surface area contributed by atoms with E-state index in [0.29, 0.717) is 37.2 Å². The predicted octanol–water partition coefficient (Wildman–Crippen LogP) is 3.65. The lowest BCUT2D eigenvalue weighted by Crippen LogP contribution is -2.53. The Morgan fingerprint density at radius 2 is 1.85 bits per heavy atom. The molecular formula is C26H28N4O4. The lowest BCUT2D eigenvalue weighted by molar-refractivity contribution is -0.126. The van der Waals surface area contributed by atoms with Crippen LogP contribution in [0.5, 0.6) is 11.5 Å². The summed E-state index contributed by atoms with van der Waals surface area (Å²) in [6, 6.07) is 14.4. The van der Waals surface area contributed by atoms with Crippen LogP contribution in [0.3, 0.4) is 0 Å². The molecule has 0 aliphatic carbocycles. The molecule has 1 fully saturated rings. The highest BCUT2D eigenvalue weighted by atomic mass is 16.5. The van der Waals surface area contributed by atoms with Gasteiger partial charge in [0, 0.05) is 62.0 Å². The van der Waals surface area contributed by atoms with Crippen LogP contribution in [0.4, 0.5) is 0 Å². The molecule has 0 atom stereocenters. The highest BCUT2D eigenvalue weighted by molar-refractivity contribution is 6.42. The molecule has 176 valence electrons. The highest BCUT2D eigenvalue weighted by Gasteiger charge is 2.45. The van der Waals surface area contributed by atoms with Crippen molar-refractivity contribution in [3.8, 4) is 11.5 Å². The molecule has 2 heterocycles. The van der Waals surface area contributed by atoms with E-state index in [2.05, 4.69) is 5.32 Å². The summed E-state index contributed by atoms with van der Waals surface area (Å²) in [5, 5.41) is 29.9. The Morgan fingerprint density at radius 1 is 1.18 bits per heavy atom. The number of methoxy groups -OCH3 is 1. The summed E-state index contributed by atoms with van der Waals surface area (Å²) in [6.45, 7) is 0.740. The monoisotopic (exact) mass is 460 g/mol. The van der Waals surface area contributed by atoms with E-state index in [1.165, 1.54) is 12.3 Å². The van der Waals surface area contributed by atoms with Crippen molar-refractivity contribution >= 4 is 29.3 Å². The second-order valence-electron chi connectivity index (χ2n) is 8.24. The predicted molar refractivity (Wildman–Crippen MR) is 132 cm³/mol. The van der Waals surface area contributed by atoms with Crippen LogP contribution in [-0.2, 0) is 4.79 Å². The summed E-state index contributed by atoms with van der Waals surface area (Å²) >= 11 is 0. The number of ether oxygens (including phenoxy) is 2. The molecule has 2 aliphatic rings. The fraction of sp³-hybridized carbons (Fsp3) is 0.269. The van der Waals surface area contributed by atoms with E-state index in [4.69, 9.17) is 20.3 Å². The molecule has 0 radical (unpaired) electrons. The molecular weight excluding hydrogens is 432 g/mol. The fourth-order valence-electron chi connectivity index (χ4n) is 4.53. The van der Waals surface area contributed by atoms with Crippen LogP contribution < -0.4 is 14.8 Å². The number of carbonyl (C=O) groups is 1. The van der Waals surface area contributed by atoms with Crippen molar-refractivity contribution in [3.05, 3.63) is 71.3 Å². The zero-order valence-corrected chi connectivity index (χ0v) is 19.2. The van der Waals surface area contributed by atoms with Gasteiger partial charge in [0.2, 0.25) is 0 Å². The summed E-state index contributed by atoms with van der Waals surface area (Å²) in [6.07, 6.45) is 3.48. The van der Waals surface area contributed by atoms with Crippen molar-refractivity contribution in [1.82, 2.24) is 10.2 Å². The van der Waals surface area contributed by atoms with Crippen LogP contribution in [-0.4, -0.2) is 60.7 Å². The van der Waals surface area contributed by atoms with Gasteiger partial charge in [-0.2, -0.15) is 0 Å². The van der Waals surface area contributed by atoms with E-state index < -0.39 is 11.5 Å². The summed E-state index contributed by atoms with van der Waals surface area (Å²) in [4.78, 5) is 14.5. The Hall–Kier alpha value is -4.07. The first-order valence-corrected chi connectivity index (χ1v) is 11.1. The van der Waals surface area contributed by atoms with Gasteiger partial charge in [0.15, 0.2) is 0 Å². The Kier molecular flexibility index (Phi) is 6.40. The van der Waals surface area contributed by atoms with E-state index in [-0.39, 0.29) is 11.5 Å². The summed E-state index contributed by atoms with van der Waals surface area (Å²) in [5.41, 5.74) is 2.01. The maximum absolute atomic E-state index is 12.9. The Balaban J connectivity index is 1.49. The van der Waals surface area contributed by atoms with Gasteiger partial charge in [-0.3, -0.25) is 10.2 Å². The molecule has 4 N–H and O–H groups in total. The number of benzene rings is 2. The third-order valence-electron chi connectivity index (χ3n) is 6.37. The number of hydrogen-bond donors (Lipinski definition) is 4. The molecule has 1 saturated heterocycles. The standard InChI is InChI=1S/C26H28N4O4/c1-29-24-19-5-3-4-6-23(19)34-26(20(24)16-27)11-13-30(14-12-26)25(32)21(28)15-22(31)17-7-9-18(33-2)10-8-17/h3-10,15-16,27-29,31H,11-14H2,1-2H3/b22-15-,27-16?,28-21?. The SMILES string of the molecule is CNC1=C(C=N)C2(CCN(C(=O)C(=N)/C=C(\O)c3ccc(OC)cc3)CC2)Oc2ccccc21. The summed E-state index contributed by atoms with van der Waals surface area (Å²) in [5.74, 6) is 0.782. The number of rotatable bonds is 6. The number of amides is 1. The number of hydrogen-bond acceptors (Lipinski definition) is 7. The third kappa shape index (κ3) is 4.14. The second kappa shape index (κ2) is 9.43. The number of likely N-dealkylation sites (tertiary alicyclic amines) is 1. The Bertz CT molecular complexity index is 1180. The highest BCUT2D eigenvalue weighted by Crippen LogP contribution is 2.43. The van der Waals surface area contributed by atoms with E-state index >= 15 is 0 Å². The minimum Gasteiger partial charge on any atom is -0.507 e. The van der Waals surface area contributed by atoms with Crippen molar-refractivity contribution in [2.24, 2.45) is 0 Å². The Labute approximate surface area is 198 Å². The van der Waals surface area contributed by atoms with Crippen molar-refractivity contribution in [2.75, 3.05) is 27.2 Å². The first-order chi connectivity index (χ1) is 16.4. The molecule has 2 aliphatic heterocycles. The van der Waals surface area contributed by atoms with Gasteiger partial charge in [0.05, 0.1) is 12.8 Å². The second-order valence-corrected chi connectivity index (χ2v) is 8.24. The van der Waals surface area contributed by atoms with Crippen LogP contribution in [0.25, 0.3) is 11.5 Å². The van der Waals surface area contributed by atoms with Gasteiger partial charge in [-0.05, 0) is 36.4 Å². The number of piperidine rings is 1. The molecule has 0 bridgehead atoms. The van der Waals surface area contributed by atoms with Gasteiger partial charge in [0.1, 0.15) is 28.6 Å². The van der Waals surface area contributed by atoms with Gasteiger partial charge in [-0.1, -0.05) is 12.1 Å². The van der Waals surface area contributed by atoms with Crippen LogP contribution in [0, 0.1) is 10.8 Å². The van der Waals surface area contributed by atoms with Crippen molar-refractivity contribution in [2.45, 2.75) is 18.4 Å². The van der Waals surface area contributed by atoms with Crippen molar-refractivity contribution in [3.63, 3.8) is 0 Å². The molecule has 0 unspecified atom stereocenters. The average Bonchev–Trinajstić information content (AvgIpc) is 2.87. The normalized spacial score (nSPS) is 17.0. The maximum atomic E-state index is 12.9. The molecule has 4 rings (SSSR count). The number of aliphatic hydroxyl groups excluding tert-OH is 1. The zero-order valence-electron chi connectivity index (χ0n) is 19.2. The fourth-order valence-corrected chi connectivity index (χ4v) is 4.53. The molecule has 1 amide bonds. The van der Waals surface area contributed by atoms with Gasteiger partial charge in [0.25, 0.3) is 5.91 Å². The first kappa shape index (κ1) is 23.1. The minimum absolute atomic E-state index is 0.158. The van der Waals surface area contributed by atoms with E-state index in [0.717, 1.165) is 22.6 Å². The van der Waals surface area contributed by atoms with E-state index in [1.54, 1.807) is 36.3 Å². The van der Waals surface area contributed by atoms with Crippen LogP contribution >= 0.6 is 0 Å². The lowest BCUT2D eigenvalue weighted by atomic mass is 9.80. The zero-order chi connectivity index (χ0) is 24.3. The quantitative estimate of drug-likeness (QED) is 0.388. The van der Waals surface area contributed by atoms with E-state index in [1.807, 2.05) is 31.3 Å². The number of para-hydroxylation sites is 1. The van der Waals surface area contributed by atoms with E-state index in [9.17, 15) is 9.90 Å². The number of nitrogens with one attached hydrogen (secondary N) is 3. The van der Waals surface area contributed by atoms with Gasteiger partial charge < -0.3 is 30.2 Å². The summed E-state index contributed by atoms with van der Waals surface area (Å²) < 4.78 is 11.5. The van der Waals surface area contributed by atoms with Gasteiger partial charge in [-0.25, -0.2) is 0 Å². The molecule has 8 nitrogen and oxygen atoms in total. The average molecular weight is 461 g/mol. The maximum Gasteiger partial charge on any atom is 0.271 e. The number of aliphatic hydroxyl groups is 1. The largest absolute Gasteiger partial charge is 0.507 e. The van der Waals surface area contributed by atoms with Crippen LogP contribution in [0.15, 0.2) is 60.2 Å².